The minimum absolute atomic E-state index is 0.194. The Kier molecular flexibility index (Phi) is 3.27. The van der Waals surface area contributed by atoms with Crippen LogP contribution in [-0.4, -0.2) is 6.54 Å². The van der Waals surface area contributed by atoms with E-state index >= 15 is 0 Å². The third-order valence-corrected chi connectivity index (χ3v) is 4.37. The minimum atomic E-state index is 0.194. The van der Waals surface area contributed by atoms with E-state index < -0.39 is 0 Å². The summed E-state index contributed by atoms with van der Waals surface area (Å²) >= 11 is 6.18. The molecule has 1 saturated carbocycles. The lowest BCUT2D eigenvalue weighted by atomic mass is 9.76. The van der Waals surface area contributed by atoms with E-state index in [1.165, 1.54) is 42.4 Å². The molecule has 2 heteroatoms. The summed E-state index contributed by atoms with van der Waals surface area (Å²) < 4.78 is 0. The van der Waals surface area contributed by atoms with Crippen LogP contribution in [0.5, 0.6) is 0 Å². The molecule has 2 N–H and O–H groups in total. The fraction of sp³-hybridized carbons (Fsp3) is 0.571. The molecule has 0 spiro atoms. The third-order valence-electron chi connectivity index (χ3n) is 4.15. The Morgan fingerprint density at radius 3 is 2.44 bits per heavy atom. The highest BCUT2D eigenvalue weighted by molar-refractivity contribution is 6.30. The molecule has 0 unspecified atom stereocenters. The molecule has 1 aliphatic carbocycles. The molecule has 1 aromatic carbocycles. The van der Waals surface area contributed by atoms with E-state index in [-0.39, 0.29) is 5.41 Å². The highest BCUT2D eigenvalue weighted by Crippen LogP contribution is 2.42. The topological polar surface area (TPSA) is 26.0 Å². The summed E-state index contributed by atoms with van der Waals surface area (Å²) in [5, 5.41) is 0.845. The largest absolute Gasteiger partial charge is 0.330 e. The van der Waals surface area contributed by atoms with Gasteiger partial charge in [0.25, 0.3) is 0 Å². The number of aryl methyl sites for hydroxylation is 1. The lowest BCUT2D eigenvalue weighted by molar-refractivity contribution is 0.450. The van der Waals surface area contributed by atoms with Gasteiger partial charge in [-0.2, -0.15) is 0 Å². The lowest BCUT2D eigenvalue weighted by Gasteiger charge is -2.30. The van der Waals surface area contributed by atoms with Gasteiger partial charge in [0.15, 0.2) is 0 Å². The molecule has 0 radical (unpaired) electrons. The predicted octanol–water partition coefficient (Wildman–Crippen LogP) is 3.73. The molecule has 1 aromatic rings. The third kappa shape index (κ3) is 1.87. The first-order valence-corrected chi connectivity index (χ1v) is 6.44. The van der Waals surface area contributed by atoms with Gasteiger partial charge in [0.2, 0.25) is 0 Å². The molecule has 0 saturated heterocycles. The van der Waals surface area contributed by atoms with E-state index in [0.29, 0.717) is 0 Å². The highest BCUT2D eigenvalue weighted by Gasteiger charge is 2.35. The van der Waals surface area contributed by atoms with E-state index in [4.69, 9.17) is 17.3 Å². The van der Waals surface area contributed by atoms with Crippen LogP contribution < -0.4 is 5.73 Å². The molecule has 0 aromatic heterocycles. The van der Waals surface area contributed by atoms with Crippen molar-refractivity contribution in [1.29, 1.82) is 0 Å². The van der Waals surface area contributed by atoms with Gasteiger partial charge >= 0.3 is 0 Å². The van der Waals surface area contributed by atoms with Crippen molar-refractivity contribution < 1.29 is 0 Å². The standard InChI is InChI=1S/C14H20ClN/c1-10-7-12(15)8-13(11(10)2)14(9-16)5-3-4-6-14/h7-8H,3-6,9,16H2,1-2H3. The zero-order chi connectivity index (χ0) is 11.8. The summed E-state index contributed by atoms with van der Waals surface area (Å²) in [7, 11) is 0. The van der Waals surface area contributed by atoms with Crippen molar-refractivity contribution in [3.63, 3.8) is 0 Å². The van der Waals surface area contributed by atoms with Crippen LogP contribution in [0.15, 0.2) is 12.1 Å². The van der Waals surface area contributed by atoms with Crippen LogP contribution >= 0.6 is 11.6 Å². The van der Waals surface area contributed by atoms with E-state index in [2.05, 4.69) is 19.9 Å². The van der Waals surface area contributed by atoms with Crippen LogP contribution in [0.4, 0.5) is 0 Å². The molecule has 1 aliphatic rings. The summed E-state index contributed by atoms with van der Waals surface area (Å²) in [6, 6.07) is 4.17. The van der Waals surface area contributed by atoms with E-state index in [1.807, 2.05) is 6.07 Å². The molecular formula is C14H20ClN. The number of hydrogen-bond donors (Lipinski definition) is 1. The minimum Gasteiger partial charge on any atom is -0.330 e. The van der Waals surface area contributed by atoms with Crippen molar-refractivity contribution in [2.24, 2.45) is 5.73 Å². The van der Waals surface area contributed by atoms with Crippen molar-refractivity contribution in [1.82, 2.24) is 0 Å². The van der Waals surface area contributed by atoms with Crippen molar-refractivity contribution in [3.05, 3.63) is 33.8 Å². The Bertz CT molecular complexity index is 392. The second kappa shape index (κ2) is 4.38. The number of benzene rings is 1. The maximum Gasteiger partial charge on any atom is 0.0411 e. The summed E-state index contributed by atoms with van der Waals surface area (Å²) in [6.45, 7) is 5.06. The van der Waals surface area contributed by atoms with Gasteiger partial charge in [-0.3, -0.25) is 0 Å². The molecule has 0 atom stereocenters. The summed E-state index contributed by atoms with van der Waals surface area (Å²) in [6.07, 6.45) is 5.01. The first-order valence-electron chi connectivity index (χ1n) is 6.06. The maximum absolute atomic E-state index is 6.18. The van der Waals surface area contributed by atoms with Crippen molar-refractivity contribution >= 4 is 11.6 Å². The molecule has 2 rings (SSSR count). The van der Waals surface area contributed by atoms with Crippen molar-refractivity contribution in [2.75, 3.05) is 6.54 Å². The Labute approximate surface area is 103 Å². The van der Waals surface area contributed by atoms with E-state index in [0.717, 1.165) is 11.6 Å². The first kappa shape index (κ1) is 11.9. The fourth-order valence-electron chi connectivity index (χ4n) is 3.00. The lowest BCUT2D eigenvalue weighted by Crippen LogP contribution is -2.33. The highest BCUT2D eigenvalue weighted by atomic mass is 35.5. The molecule has 0 heterocycles. The average Bonchev–Trinajstić information content (AvgIpc) is 2.73. The second-order valence-electron chi connectivity index (χ2n) is 5.09. The van der Waals surface area contributed by atoms with Gasteiger partial charge in [-0.15, -0.1) is 0 Å². The van der Waals surface area contributed by atoms with E-state index in [1.54, 1.807) is 0 Å². The number of rotatable bonds is 2. The normalized spacial score (nSPS) is 19.0. The number of halogens is 1. The second-order valence-corrected chi connectivity index (χ2v) is 5.52. The molecule has 16 heavy (non-hydrogen) atoms. The zero-order valence-corrected chi connectivity index (χ0v) is 10.9. The van der Waals surface area contributed by atoms with Gasteiger partial charge in [-0.05, 0) is 55.5 Å². The SMILES string of the molecule is Cc1cc(Cl)cc(C2(CN)CCCC2)c1C. The van der Waals surface area contributed by atoms with Crippen LogP contribution in [-0.2, 0) is 5.41 Å². The molecule has 1 nitrogen and oxygen atoms in total. The van der Waals surface area contributed by atoms with Crippen LogP contribution in [0.3, 0.4) is 0 Å². The van der Waals surface area contributed by atoms with Crippen LogP contribution in [0.25, 0.3) is 0 Å². The Morgan fingerprint density at radius 2 is 1.88 bits per heavy atom. The molecule has 0 bridgehead atoms. The van der Waals surface area contributed by atoms with Gasteiger partial charge in [-0.1, -0.05) is 24.4 Å². The Balaban J connectivity index is 2.53. The predicted molar refractivity (Wildman–Crippen MR) is 70.1 cm³/mol. The van der Waals surface area contributed by atoms with Crippen LogP contribution in [0, 0.1) is 13.8 Å². The molecule has 0 amide bonds. The summed E-state index contributed by atoms with van der Waals surface area (Å²) in [5.74, 6) is 0. The maximum atomic E-state index is 6.18. The number of nitrogens with two attached hydrogens (primary N) is 1. The van der Waals surface area contributed by atoms with Gasteiger partial charge in [0.1, 0.15) is 0 Å². The first-order chi connectivity index (χ1) is 7.59. The average molecular weight is 238 g/mol. The Hall–Kier alpha value is -0.530. The van der Waals surface area contributed by atoms with Gasteiger partial charge < -0.3 is 5.73 Å². The quantitative estimate of drug-likeness (QED) is 0.834. The number of hydrogen-bond acceptors (Lipinski definition) is 1. The summed E-state index contributed by atoms with van der Waals surface area (Å²) in [5.41, 5.74) is 10.3. The van der Waals surface area contributed by atoms with Crippen LogP contribution in [0.2, 0.25) is 5.02 Å². The van der Waals surface area contributed by atoms with Crippen LogP contribution in [0.1, 0.15) is 42.4 Å². The molecule has 0 aliphatic heterocycles. The van der Waals surface area contributed by atoms with Gasteiger partial charge in [0, 0.05) is 17.0 Å². The fourth-order valence-corrected chi connectivity index (χ4v) is 3.27. The molecular weight excluding hydrogens is 218 g/mol. The van der Waals surface area contributed by atoms with E-state index in [9.17, 15) is 0 Å². The Morgan fingerprint density at radius 1 is 1.25 bits per heavy atom. The molecule has 1 fully saturated rings. The van der Waals surface area contributed by atoms with Crippen molar-refractivity contribution in [3.8, 4) is 0 Å². The van der Waals surface area contributed by atoms with Crippen molar-refractivity contribution in [2.45, 2.75) is 44.9 Å². The smallest absolute Gasteiger partial charge is 0.0411 e. The summed E-state index contributed by atoms with van der Waals surface area (Å²) in [4.78, 5) is 0. The molecule has 88 valence electrons. The van der Waals surface area contributed by atoms with Gasteiger partial charge in [-0.25, -0.2) is 0 Å². The monoisotopic (exact) mass is 237 g/mol. The van der Waals surface area contributed by atoms with Gasteiger partial charge in [0.05, 0.1) is 0 Å². The zero-order valence-electron chi connectivity index (χ0n) is 10.1.